The average Bonchev–Trinajstić information content (AvgIpc) is 2.35. The summed E-state index contributed by atoms with van der Waals surface area (Å²) in [4.78, 5) is 10.5. The first-order valence-corrected chi connectivity index (χ1v) is 5.23. The van der Waals surface area contributed by atoms with E-state index in [0.29, 0.717) is 6.29 Å². The number of hydrogen-bond donors (Lipinski definition) is 0. The molecule has 18 heavy (non-hydrogen) atoms. The van der Waals surface area contributed by atoms with Gasteiger partial charge in [0, 0.05) is 16.7 Å². The number of hydrogen-bond acceptors (Lipinski definition) is 1. The van der Waals surface area contributed by atoms with Gasteiger partial charge in [-0.2, -0.15) is 0 Å². The zero-order valence-corrected chi connectivity index (χ0v) is 9.51. The van der Waals surface area contributed by atoms with E-state index in [1.807, 2.05) is 0 Å². The Morgan fingerprint density at radius 3 is 2.06 bits per heavy atom. The minimum atomic E-state index is -0.733. The van der Waals surface area contributed by atoms with Gasteiger partial charge >= 0.3 is 0 Å². The van der Waals surface area contributed by atoms with Crippen LogP contribution in [0.25, 0.3) is 11.1 Å². The van der Waals surface area contributed by atoms with Gasteiger partial charge in [0.25, 0.3) is 0 Å². The second-order valence-electron chi connectivity index (χ2n) is 3.92. The molecule has 0 aromatic heterocycles. The van der Waals surface area contributed by atoms with Gasteiger partial charge < -0.3 is 0 Å². The number of carbonyl (C=O) groups is 1. The topological polar surface area (TPSA) is 17.1 Å². The Kier molecular flexibility index (Phi) is 3.19. The molecule has 0 aliphatic heterocycles. The SMILES string of the molecule is Cc1c(F)cc(-c2ccc(C=O)cc2F)cc1F. The third kappa shape index (κ3) is 2.14. The van der Waals surface area contributed by atoms with E-state index in [4.69, 9.17) is 0 Å². The van der Waals surface area contributed by atoms with E-state index < -0.39 is 17.5 Å². The van der Waals surface area contributed by atoms with Crippen LogP contribution >= 0.6 is 0 Å². The molecule has 0 N–H and O–H groups in total. The summed E-state index contributed by atoms with van der Waals surface area (Å²) >= 11 is 0. The summed E-state index contributed by atoms with van der Waals surface area (Å²) in [5.74, 6) is -2.16. The van der Waals surface area contributed by atoms with Crippen molar-refractivity contribution in [2.45, 2.75) is 6.92 Å². The number of carbonyl (C=O) groups excluding carboxylic acids is 1. The molecule has 0 saturated carbocycles. The lowest BCUT2D eigenvalue weighted by atomic mass is 10.0. The normalized spacial score (nSPS) is 10.4. The summed E-state index contributed by atoms with van der Waals surface area (Å²) in [5.41, 5.74) is 0.219. The molecule has 0 fully saturated rings. The van der Waals surface area contributed by atoms with Gasteiger partial charge in [-0.1, -0.05) is 12.1 Å². The fourth-order valence-corrected chi connectivity index (χ4v) is 1.64. The zero-order valence-electron chi connectivity index (χ0n) is 9.51. The van der Waals surface area contributed by atoms with Gasteiger partial charge in [-0.25, -0.2) is 13.2 Å². The van der Waals surface area contributed by atoms with Crippen LogP contribution in [-0.2, 0) is 0 Å². The van der Waals surface area contributed by atoms with E-state index in [0.717, 1.165) is 18.2 Å². The van der Waals surface area contributed by atoms with Crippen LogP contribution in [0.5, 0.6) is 0 Å². The lowest BCUT2D eigenvalue weighted by molar-refractivity contribution is 0.112. The molecule has 0 amide bonds. The predicted octanol–water partition coefficient (Wildman–Crippen LogP) is 3.89. The van der Waals surface area contributed by atoms with Crippen molar-refractivity contribution >= 4 is 6.29 Å². The van der Waals surface area contributed by atoms with Crippen molar-refractivity contribution in [2.75, 3.05) is 0 Å². The summed E-state index contributed by atoms with van der Waals surface area (Å²) in [6, 6.07) is 5.87. The Labute approximate surface area is 102 Å². The van der Waals surface area contributed by atoms with E-state index in [1.54, 1.807) is 0 Å². The highest BCUT2D eigenvalue weighted by atomic mass is 19.1. The summed E-state index contributed by atoms with van der Waals surface area (Å²) < 4.78 is 40.5. The van der Waals surface area contributed by atoms with Crippen molar-refractivity contribution in [3.8, 4) is 11.1 Å². The molecule has 2 rings (SSSR count). The number of halogens is 3. The van der Waals surface area contributed by atoms with Crippen molar-refractivity contribution in [1.82, 2.24) is 0 Å². The molecule has 2 aromatic rings. The van der Waals surface area contributed by atoms with Crippen molar-refractivity contribution < 1.29 is 18.0 Å². The molecule has 0 atom stereocenters. The van der Waals surface area contributed by atoms with Crippen molar-refractivity contribution in [2.24, 2.45) is 0 Å². The standard InChI is InChI=1S/C14H9F3O/c1-8-12(15)5-10(6-13(8)16)11-3-2-9(7-18)4-14(11)17/h2-7H,1H3. The van der Waals surface area contributed by atoms with Crippen LogP contribution in [0.2, 0.25) is 0 Å². The predicted molar refractivity (Wildman–Crippen MR) is 61.9 cm³/mol. The van der Waals surface area contributed by atoms with Gasteiger partial charge in [0.2, 0.25) is 0 Å². The quantitative estimate of drug-likeness (QED) is 0.739. The zero-order chi connectivity index (χ0) is 13.3. The van der Waals surface area contributed by atoms with Crippen LogP contribution in [0.3, 0.4) is 0 Å². The van der Waals surface area contributed by atoms with E-state index in [-0.39, 0.29) is 22.3 Å². The molecule has 0 unspecified atom stereocenters. The number of benzene rings is 2. The molecule has 92 valence electrons. The van der Waals surface area contributed by atoms with Crippen LogP contribution in [0.1, 0.15) is 15.9 Å². The van der Waals surface area contributed by atoms with Crippen molar-refractivity contribution in [1.29, 1.82) is 0 Å². The van der Waals surface area contributed by atoms with Crippen LogP contribution in [-0.4, -0.2) is 6.29 Å². The lowest BCUT2D eigenvalue weighted by Gasteiger charge is -2.06. The Morgan fingerprint density at radius 2 is 1.56 bits per heavy atom. The van der Waals surface area contributed by atoms with E-state index >= 15 is 0 Å². The van der Waals surface area contributed by atoms with Crippen LogP contribution in [0, 0.1) is 24.4 Å². The first-order chi connectivity index (χ1) is 8.52. The van der Waals surface area contributed by atoms with E-state index in [9.17, 15) is 18.0 Å². The van der Waals surface area contributed by atoms with Gasteiger partial charge in [0.1, 0.15) is 23.7 Å². The van der Waals surface area contributed by atoms with Crippen molar-refractivity contribution in [3.63, 3.8) is 0 Å². The first-order valence-electron chi connectivity index (χ1n) is 5.23. The maximum absolute atomic E-state index is 13.7. The summed E-state index contributed by atoms with van der Waals surface area (Å²) in [5, 5.41) is 0. The molecule has 0 heterocycles. The highest BCUT2D eigenvalue weighted by Crippen LogP contribution is 2.26. The Bertz CT molecular complexity index is 597. The third-order valence-corrected chi connectivity index (χ3v) is 2.72. The molecule has 0 aliphatic carbocycles. The van der Waals surface area contributed by atoms with Crippen LogP contribution in [0.15, 0.2) is 30.3 Å². The fraction of sp³-hybridized carbons (Fsp3) is 0.0714. The number of aldehydes is 1. The molecule has 0 spiro atoms. The summed E-state index contributed by atoms with van der Waals surface area (Å²) in [7, 11) is 0. The highest BCUT2D eigenvalue weighted by molar-refractivity contribution is 5.77. The second-order valence-corrected chi connectivity index (χ2v) is 3.92. The molecular weight excluding hydrogens is 241 g/mol. The van der Waals surface area contributed by atoms with Crippen LogP contribution in [0.4, 0.5) is 13.2 Å². The molecule has 4 heteroatoms. The van der Waals surface area contributed by atoms with Gasteiger partial charge in [-0.05, 0) is 30.7 Å². The van der Waals surface area contributed by atoms with Gasteiger partial charge in [-0.3, -0.25) is 4.79 Å². The lowest BCUT2D eigenvalue weighted by Crippen LogP contribution is -1.93. The summed E-state index contributed by atoms with van der Waals surface area (Å²) in [6.45, 7) is 1.31. The molecule has 0 bridgehead atoms. The van der Waals surface area contributed by atoms with Gasteiger partial charge in [0.15, 0.2) is 0 Å². The van der Waals surface area contributed by atoms with E-state index in [1.165, 1.54) is 19.1 Å². The molecule has 2 aromatic carbocycles. The molecule has 1 nitrogen and oxygen atoms in total. The smallest absolute Gasteiger partial charge is 0.150 e. The fourth-order valence-electron chi connectivity index (χ4n) is 1.64. The monoisotopic (exact) mass is 250 g/mol. The largest absolute Gasteiger partial charge is 0.298 e. The average molecular weight is 250 g/mol. The second kappa shape index (κ2) is 4.64. The molecular formula is C14H9F3O. The van der Waals surface area contributed by atoms with Gasteiger partial charge in [-0.15, -0.1) is 0 Å². The molecule has 0 radical (unpaired) electrons. The first kappa shape index (κ1) is 12.4. The Morgan fingerprint density at radius 1 is 0.944 bits per heavy atom. The highest BCUT2D eigenvalue weighted by Gasteiger charge is 2.11. The van der Waals surface area contributed by atoms with Crippen LogP contribution < -0.4 is 0 Å². The third-order valence-electron chi connectivity index (χ3n) is 2.72. The maximum atomic E-state index is 13.7. The van der Waals surface area contributed by atoms with E-state index in [2.05, 4.69) is 0 Å². The Hall–Kier alpha value is -2.10. The number of rotatable bonds is 2. The summed E-state index contributed by atoms with van der Waals surface area (Å²) in [6.07, 6.45) is 0.503. The van der Waals surface area contributed by atoms with Gasteiger partial charge in [0.05, 0.1) is 0 Å². The Balaban J connectivity index is 2.59. The molecule has 0 aliphatic rings. The molecule has 0 saturated heterocycles. The van der Waals surface area contributed by atoms with Crippen molar-refractivity contribution in [3.05, 3.63) is 58.9 Å². The minimum absolute atomic E-state index is 0.0541. The minimum Gasteiger partial charge on any atom is -0.298 e. The maximum Gasteiger partial charge on any atom is 0.150 e.